The SMILES string of the molecule is CS(=O)(=O)c1cn[nH]c1[C@H]1CCCN(Cc2ccc3[nH]ccc3c2)C1. The maximum Gasteiger partial charge on any atom is 0.178 e. The van der Waals surface area contributed by atoms with Crippen molar-refractivity contribution >= 4 is 20.7 Å². The summed E-state index contributed by atoms with van der Waals surface area (Å²) in [7, 11) is -3.25. The van der Waals surface area contributed by atoms with Gasteiger partial charge in [0.25, 0.3) is 0 Å². The van der Waals surface area contributed by atoms with E-state index in [1.165, 1.54) is 23.4 Å². The van der Waals surface area contributed by atoms with Crippen molar-refractivity contribution in [1.82, 2.24) is 20.1 Å². The van der Waals surface area contributed by atoms with Crippen LogP contribution in [0.3, 0.4) is 0 Å². The van der Waals surface area contributed by atoms with E-state index in [1.54, 1.807) is 0 Å². The van der Waals surface area contributed by atoms with Crippen molar-refractivity contribution in [2.75, 3.05) is 19.3 Å². The Morgan fingerprint density at radius 1 is 1.32 bits per heavy atom. The van der Waals surface area contributed by atoms with Gasteiger partial charge in [-0.1, -0.05) is 6.07 Å². The van der Waals surface area contributed by atoms with E-state index < -0.39 is 9.84 Å². The number of nitrogens with zero attached hydrogens (tertiary/aromatic N) is 2. The van der Waals surface area contributed by atoms with Crippen molar-refractivity contribution in [3.63, 3.8) is 0 Å². The zero-order chi connectivity index (χ0) is 17.4. The highest BCUT2D eigenvalue weighted by molar-refractivity contribution is 7.90. The number of fused-ring (bicyclic) bond motifs is 1. The second kappa shape index (κ2) is 6.31. The summed E-state index contributed by atoms with van der Waals surface area (Å²) in [6, 6.07) is 8.57. The van der Waals surface area contributed by atoms with Gasteiger partial charge in [-0.15, -0.1) is 0 Å². The molecule has 1 aromatic carbocycles. The molecule has 3 heterocycles. The van der Waals surface area contributed by atoms with Crippen LogP contribution in [0, 0.1) is 0 Å². The number of aromatic amines is 2. The molecule has 3 aromatic rings. The molecule has 2 aromatic heterocycles. The second-order valence-electron chi connectivity index (χ2n) is 6.89. The van der Waals surface area contributed by atoms with Gasteiger partial charge in [-0.05, 0) is 48.5 Å². The number of benzene rings is 1. The van der Waals surface area contributed by atoms with Crippen molar-refractivity contribution < 1.29 is 8.42 Å². The molecule has 0 aliphatic carbocycles. The van der Waals surface area contributed by atoms with Crippen LogP contribution in [0.2, 0.25) is 0 Å². The maximum atomic E-state index is 12.0. The Hall–Kier alpha value is -2.12. The monoisotopic (exact) mass is 358 g/mol. The first kappa shape index (κ1) is 16.4. The largest absolute Gasteiger partial charge is 0.361 e. The van der Waals surface area contributed by atoms with E-state index >= 15 is 0 Å². The van der Waals surface area contributed by atoms with Gasteiger partial charge in [0, 0.05) is 37.0 Å². The second-order valence-corrected chi connectivity index (χ2v) is 8.88. The minimum atomic E-state index is -3.25. The Bertz CT molecular complexity index is 989. The van der Waals surface area contributed by atoms with Gasteiger partial charge in [0.2, 0.25) is 0 Å². The summed E-state index contributed by atoms with van der Waals surface area (Å²) in [5.74, 6) is 0.178. The molecule has 1 saturated heterocycles. The first-order valence-electron chi connectivity index (χ1n) is 8.52. The van der Waals surface area contributed by atoms with Crippen LogP contribution in [0.25, 0.3) is 10.9 Å². The highest BCUT2D eigenvalue weighted by atomic mass is 32.2. The molecule has 4 rings (SSSR count). The van der Waals surface area contributed by atoms with Crippen LogP contribution in [0.1, 0.15) is 30.0 Å². The van der Waals surface area contributed by atoms with Gasteiger partial charge in [-0.2, -0.15) is 5.10 Å². The van der Waals surface area contributed by atoms with Crippen LogP contribution >= 0.6 is 0 Å². The molecule has 0 unspecified atom stereocenters. The lowest BCUT2D eigenvalue weighted by atomic mass is 9.94. The molecule has 1 aliphatic heterocycles. The van der Waals surface area contributed by atoms with Crippen LogP contribution in [0.15, 0.2) is 41.6 Å². The van der Waals surface area contributed by atoms with Gasteiger partial charge >= 0.3 is 0 Å². The molecule has 1 atom stereocenters. The van der Waals surface area contributed by atoms with Crippen molar-refractivity contribution in [2.45, 2.75) is 30.2 Å². The summed E-state index contributed by atoms with van der Waals surface area (Å²) in [6.45, 7) is 2.75. The van der Waals surface area contributed by atoms with Gasteiger partial charge in [-0.25, -0.2) is 8.42 Å². The predicted octanol–water partition coefficient (Wildman–Crippen LogP) is 2.67. The Kier molecular flexibility index (Phi) is 4.13. The van der Waals surface area contributed by atoms with E-state index in [0.29, 0.717) is 4.90 Å². The number of nitrogens with one attached hydrogen (secondary N) is 2. The summed E-state index contributed by atoms with van der Waals surface area (Å²) in [6.07, 6.45) is 6.67. The molecule has 132 valence electrons. The lowest BCUT2D eigenvalue weighted by Gasteiger charge is -2.32. The van der Waals surface area contributed by atoms with Crippen molar-refractivity contribution in [1.29, 1.82) is 0 Å². The first-order valence-corrected chi connectivity index (χ1v) is 10.4. The molecular formula is C18H22N4O2S. The van der Waals surface area contributed by atoms with Crippen LogP contribution in [-0.4, -0.2) is 47.8 Å². The molecule has 1 fully saturated rings. The summed E-state index contributed by atoms with van der Waals surface area (Å²) in [5, 5.41) is 8.12. The van der Waals surface area contributed by atoms with Crippen molar-refractivity contribution in [2.24, 2.45) is 0 Å². The topological polar surface area (TPSA) is 81.8 Å². The fraction of sp³-hybridized carbons (Fsp3) is 0.389. The maximum absolute atomic E-state index is 12.0. The number of piperidine rings is 1. The van der Waals surface area contributed by atoms with Crippen LogP contribution < -0.4 is 0 Å². The van der Waals surface area contributed by atoms with Crippen LogP contribution in [0.5, 0.6) is 0 Å². The number of sulfone groups is 1. The minimum absolute atomic E-state index is 0.178. The van der Waals surface area contributed by atoms with E-state index in [4.69, 9.17) is 0 Å². The third-order valence-electron chi connectivity index (χ3n) is 4.97. The molecular weight excluding hydrogens is 336 g/mol. The molecule has 1 aliphatic rings. The summed E-state index contributed by atoms with van der Waals surface area (Å²) >= 11 is 0. The van der Waals surface area contributed by atoms with Gasteiger partial charge in [0.05, 0.1) is 11.9 Å². The number of aromatic nitrogens is 3. The van der Waals surface area contributed by atoms with E-state index in [2.05, 4.69) is 44.3 Å². The highest BCUT2D eigenvalue weighted by Crippen LogP contribution is 2.30. The fourth-order valence-corrected chi connectivity index (χ4v) is 4.62. The van der Waals surface area contributed by atoms with Gasteiger partial charge in [0.1, 0.15) is 4.90 Å². The number of hydrogen-bond acceptors (Lipinski definition) is 4. The minimum Gasteiger partial charge on any atom is -0.361 e. The van der Waals surface area contributed by atoms with Crippen LogP contribution in [-0.2, 0) is 16.4 Å². The number of hydrogen-bond donors (Lipinski definition) is 2. The third-order valence-corrected chi connectivity index (χ3v) is 6.09. The molecule has 7 heteroatoms. The third kappa shape index (κ3) is 3.34. The van der Waals surface area contributed by atoms with E-state index in [-0.39, 0.29) is 5.92 Å². The molecule has 0 bridgehead atoms. The molecule has 0 amide bonds. The van der Waals surface area contributed by atoms with Crippen molar-refractivity contribution in [3.8, 4) is 0 Å². The quantitative estimate of drug-likeness (QED) is 0.751. The van der Waals surface area contributed by atoms with Gasteiger partial charge in [0.15, 0.2) is 9.84 Å². The Labute approximate surface area is 147 Å². The molecule has 2 N–H and O–H groups in total. The summed E-state index contributed by atoms with van der Waals surface area (Å²) in [5.41, 5.74) is 3.18. The predicted molar refractivity (Wildman–Crippen MR) is 97.2 cm³/mol. The summed E-state index contributed by atoms with van der Waals surface area (Å²) in [4.78, 5) is 5.95. The van der Waals surface area contributed by atoms with E-state index in [1.807, 2.05) is 6.20 Å². The van der Waals surface area contributed by atoms with Gasteiger partial charge < -0.3 is 4.98 Å². The summed E-state index contributed by atoms with van der Waals surface area (Å²) < 4.78 is 23.9. The normalized spacial score (nSPS) is 19.5. The Morgan fingerprint density at radius 2 is 2.20 bits per heavy atom. The lowest BCUT2D eigenvalue weighted by Crippen LogP contribution is -2.34. The zero-order valence-corrected chi connectivity index (χ0v) is 15.0. The first-order chi connectivity index (χ1) is 12.0. The molecule has 0 saturated carbocycles. The average molecular weight is 358 g/mol. The molecule has 0 spiro atoms. The standard InChI is InChI=1S/C18H22N4O2S/c1-25(23,24)17-10-20-21-18(17)15-3-2-8-22(12-15)11-13-4-5-16-14(9-13)6-7-19-16/h4-7,9-10,15,19H,2-3,8,11-12H2,1H3,(H,20,21)/t15-/m0/s1. The van der Waals surface area contributed by atoms with Gasteiger partial charge in [-0.3, -0.25) is 10.00 Å². The average Bonchev–Trinajstić information content (AvgIpc) is 3.23. The highest BCUT2D eigenvalue weighted by Gasteiger charge is 2.27. The number of H-pyrrole nitrogens is 2. The Balaban J connectivity index is 1.52. The zero-order valence-electron chi connectivity index (χ0n) is 14.2. The van der Waals surface area contributed by atoms with E-state index in [0.717, 1.165) is 43.7 Å². The molecule has 6 nitrogen and oxygen atoms in total. The Morgan fingerprint density at radius 3 is 3.04 bits per heavy atom. The number of likely N-dealkylation sites (tertiary alicyclic amines) is 1. The van der Waals surface area contributed by atoms with Crippen molar-refractivity contribution in [3.05, 3.63) is 47.9 Å². The smallest absolute Gasteiger partial charge is 0.178 e. The number of rotatable bonds is 4. The molecule has 25 heavy (non-hydrogen) atoms. The van der Waals surface area contributed by atoms with Crippen LogP contribution in [0.4, 0.5) is 0 Å². The van der Waals surface area contributed by atoms with E-state index in [9.17, 15) is 8.42 Å². The molecule has 0 radical (unpaired) electrons. The fourth-order valence-electron chi connectivity index (χ4n) is 3.77. The lowest BCUT2D eigenvalue weighted by molar-refractivity contribution is 0.197.